The van der Waals surface area contributed by atoms with Gasteiger partial charge in [0.2, 0.25) is 0 Å². The number of hydrogen-bond donors (Lipinski definition) is 4. The van der Waals surface area contributed by atoms with Crippen LogP contribution in [0.25, 0.3) is 0 Å². The van der Waals surface area contributed by atoms with E-state index >= 15 is 0 Å². The lowest BCUT2D eigenvalue weighted by atomic mass is 9.93. The molecule has 0 saturated carbocycles. The van der Waals surface area contributed by atoms with Crippen molar-refractivity contribution >= 4 is 17.7 Å². The third kappa shape index (κ3) is 5.46. The van der Waals surface area contributed by atoms with Gasteiger partial charge in [-0.05, 0) is 57.9 Å². The molecule has 0 spiro atoms. The predicted molar refractivity (Wildman–Crippen MR) is 126 cm³/mol. The lowest BCUT2D eigenvalue weighted by Gasteiger charge is -2.39. The van der Waals surface area contributed by atoms with Crippen LogP contribution in [-0.2, 0) is 10.3 Å². The number of carbonyl (C=O) groups excluding carboxylic acids is 2. The van der Waals surface area contributed by atoms with E-state index in [0.717, 1.165) is 11.3 Å². The lowest BCUT2D eigenvalue weighted by Crippen LogP contribution is -2.48. The zero-order valence-corrected chi connectivity index (χ0v) is 19.8. The minimum atomic E-state index is -0.880. The molecule has 3 rings (SSSR count). The fourth-order valence-electron chi connectivity index (χ4n) is 3.90. The third-order valence-corrected chi connectivity index (χ3v) is 6.02. The number of amides is 2. The summed E-state index contributed by atoms with van der Waals surface area (Å²) in [6.07, 6.45) is -0.641. The molecule has 0 aliphatic carbocycles. The van der Waals surface area contributed by atoms with Crippen LogP contribution in [0, 0.1) is 0 Å². The molecule has 2 aromatic rings. The van der Waals surface area contributed by atoms with Crippen LogP contribution in [0.4, 0.5) is 10.5 Å². The van der Waals surface area contributed by atoms with Crippen molar-refractivity contribution in [2.45, 2.75) is 51.4 Å². The van der Waals surface area contributed by atoms with Crippen LogP contribution < -0.4 is 15.5 Å². The molecule has 1 heterocycles. The standard InChI is InChI=1S/C25H33N3O5/c1-24(2,27-15-21(30)16-10-11-20(29)17(14-16)22(31)26-5)12-13-28-19-9-7-6-8-18(19)25(3,4)33-23(28)32/h6-11,14,21,27,29-30H,12-13,15H2,1-5H3,(H,26,31). The number of para-hydroxylation sites is 1. The highest BCUT2D eigenvalue weighted by Crippen LogP contribution is 2.38. The molecule has 8 heteroatoms. The van der Waals surface area contributed by atoms with Crippen molar-refractivity contribution in [1.29, 1.82) is 0 Å². The number of nitrogens with zero attached hydrogens (tertiary/aromatic N) is 1. The Morgan fingerprint density at radius 2 is 1.91 bits per heavy atom. The third-order valence-electron chi connectivity index (χ3n) is 6.02. The van der Waals surface area contributed by atoms with Crippen molar-refractivity contribution in [3.63, 3.8) is 0 Å². The van der Waals surface area contributed by atoms with E-state index in [9.17, 15) is 19.8 Å². The second kappa shape index (κ2) is 9.41. The van der Waals surface area contributed by atoms with Crippen molar-refractivity contribution in [2.75, 3.05) is 25.0 Å². The molecular formula is C25H33N3O5. The summed E-state index contributed by atoms with van der Waals surface area (Å²) in [6.45, 7) is 8.44. The molecular weight excluding hydrogens is 422 g/mol. The quantitative estimate of drug-likeness (QED) is 0.485. The smallest absolute Gasteiger partial charge is 0.415 e. The fraction of sp³-hybridized carbons (Fsp3) is 0.440. The number of aromatic hydroxyl groups is 1. The first kappa shape index (κ1) is 24.5. The number of fused-ring (bicyclic) bond motifs is 1. The van der Waals surface area contributed by atoms with Gasteiger partial charge in [0, 0.05) is 31.2 Å². The van der Waals surface area contributed by atoms with Crippen LogP contribution in [-0.4, -0.2) is 47.9 Å². The fourth-order valence-corrected chi connectivity index (χ4v) is 3.90. The topological polar surface area (TPSA) is 111 Å². The average Bonchev–Trinajstić information content (AvgIpc) is 2.76. The maximum Gasteiger partial charge on any atom is 0.415 e. The Bertz CT molecular complexity index is 1030. The van der Waals surface area contributed by atoms with Gasteiger partial charge in [-0.3, -0.25) is 9.69 Å². The number of anilines is 1. The first-order valence-electron chi connectivity index (χ1n) is 11.0. The SMILES string of the molecule is CNC(=O)c1cc(C(O)CNC(C)(C)CCN2C(=O)OC(C)(C)c3ccccc32)ccc1O. The molecule has 33 heavy (non-hydrogen) atoms. The molecule has 4 N–H and O–H groups in total. The molecule has 8 nitrogen and oxygen atoms in total. The molecule has 2 aromatic carbocycles. The number of ether oxygens (including phenoxy) is 1. The van der Waals surface area contributed by atoms with E-state index in [-0.39, 0.29) is 24.0 Å². The van der Waals surface area contributed by atoms with Gasteiger partial charge in [-0.2, -0.15) is 0 Å². The molecule has 0 radical (unpaired) electrons. The summed E-state index contributed by atoms with van der Waals surface area (Å²) in [5.74, 6) is -0.567. The molecule has 1 atom stereocenters. The Morgan fingerprint density at radius 3 is 2.61 bits per heavy atom. The summed E-state index contributed by atoms with van der Waals surface area (Å²) in [6, 6.07) is 12.2. The van der Waals surface area contributed by atoms with Crippen molar-refractivity contribution in [3.8, 4) is 5.75 Å². The van der Waals surface area contributed by atoms with Crippen LogP contribution in [0.1, 0.15) is 61.7 Å². The summed E-state index contributed by atoms with van der Waals surface area (Å²) in [7, 11) is 1.48. The van der Waals surface area contributed by atoms with E-state index in [1.165, 1.54) is 19.2 Å². The Balaban J connectivity index is 1.64. The number of phenols is 1. The second-order valence-electron chi connectivity index (χ2n) is 9.43. The zero-order valence-electron chi connectivity index (χ0n) is 19.8. The van der Waals surface area contributed by atoms with E-state index in [2.05, 4.69) is 10.6 Å². The molecule has 2 amide bonds. The predicted octanol–water partition coefficient (Wildman–Crippen LogP) is 3.44. The average molecular weight is 456 g/mol. The van der Waals surface area contributed by atoms with Gasteiger partial charge in [0.15, 0.2) is 0 Å². The van der Waals surface area contributed by atoms with Crippen molar-refractivity contribution in [3.05, 3.63) is 59.2 Å². The van der Waals surface area contributed by atoms with Crippen LogP contribution in [0.3, 0.4) is 0 Å². The number of rotatable bonds is 8. The van der Waals surface area contributed by atoms with Crippen molar-refractivity contribution in [2.24, 2.45) is 0 Å². The molecule has 0 aromatic heterocycles. The van der Waals surface area contributed by atoms with E-state index in [0.29, 0.717) is 18.5 Å². The molecule has 178 valence electrons. The van der Waals surface area contributed by atoms with Crippen molar-refractivity contribution in [1.82, 2.24) is 10.6 Å². The normalized spacial score (nSPS) is 16.1. The number of β-amino-alcohol motifs (C(OH)–C–C–N with tert-alkyl or cyclic N) is 1. The molecule has 1 aliphatic rings. The van der Waals surface area contributed by atoms with E-state index < -0.39 is 23.2 Å². The molecule has 0 saturated heterocycles. The highest BCUT2D eigenvalue weighted by atomic mass is 16.6. The summed E-state index contributed by atoms with van der Waals surface area (Å²) in [5, 5.41) is 26.3. The number of cyclic esters (lactones) is 1. The maximum atomic E-state index is 12.7. The second-order valence-corrected chi connectivity index (χ2v) is 9.43. The molecule has 1 unspecified atom stereocenters. The number of aliphatic hydroxyl groups excluding tert-OH is 1. The van der Waals surface area contributed by atoms with Gasteiger partial charge in [0.1, 0.15) is 11.4 Å². The van der Waals surface area contributed by atoms with Gasteiger partial charge in [-0.25, -0.2) is 4.79 Å². The van der Waals surface area contributed by atoms with Gasteiger partial charge in [-0.1, -0.05) is 24.3 Å². The van der Waals surface area contributed by atoms with Gasteiger partial charge >= 0.3 is 6.09 Å². The number of phenolic OH excluding ortho intramolecular Hbond substituents is 1. The minimum Gasteiger partial charge on any atom is -0.507 e. The Hall–Kier alpha value is -3.10. The summed E-state index contributed by atoms with van der Waals surface area (Å²) in [5.41, 5.74) is 1.36. The summed E-state index contributed by atoms with van der Waals surface area (Å²) >= 11 is 0. The lowest BCUT2D eigenvalue weighted by molar-refractivity contribution is 0.0347. The van der Waals surface area contributed by atoms with Gasteiger partial charge in [0.25, 0.3) is 5.91 Å². The van der Waals surface area contributed by atoms with Crippen LogP contribution in [0.2, 0.25) is 0 Å². The first-order chi connectivity index (χ1) is 15.4. The van der Waals surface area contributed by atoms with Gasteiger partial charge in [0.05, 0.1) is 17.4 Å². The Labute approximate surface area is 194 Å². The number of benzene rings is 2. The first-order valence-corrected chi connectivity index (χ1v) is 11.0. The van der Waals surface area contributed by atoms with E-state index in [1.807, 2.05) is 52.0 Å². The maximum absolute atomic E-state index is 12.7. The van der Waals surface area contributed by atoms with Crippen LogP contribution in [0.5, 0.6) is 5.75 Å². The number of nitrogens with one attached hydrogen (secondary N) is 2. The van der Waals surface area contributed by atoms with Gasteiger partial charge < -0.3 is 25.6 Å². The molecule has 0 bridgehead atoms. The minimum absolute atomic E-state index is 0.110. The molecule has 1 aliphatic heterocycles. The monoisotopic (exact) mass is 455 g/mol. The number of hydrogen-bond acceptors (Lipinski definition) is 6. The van der Waals surface area contributed by atoms with E-state index in [4.69, 9.17) is 4.74 Å². The number of aliphatic hydroxyl groups is 1. The van der Waals surface area contributed by atoms with Crippen LogP contribution >= 0.6 is 0 Å². The van der Waals surface area contributed by atoms with Gasteiger partial charge in [-0.15, -0.1) is 0 Å². The van der Waals surface area contributed by atoms with Crippen molar-refractivity contribution < 1.29 is 24.5 Å². The zero-order chi connectivity index (χ0) is 24.4. The summed E-state index contributed by atoms with van der Waals surface area (Å²) < 4.78 is 5.66. The Kier molecular flexibility index (Phi) is 7.00. The number of carbonyl (C=O) groups is 2. The highest BCUT2D eigenvalue weighted by Gasteiger charge is 2.38. The molecule has 0 fully saturated rings. The Morgan fingerprint density at radius 1 is 1.21 bits per heavy atom. The van der Waals surface area contributed by atoms with Crippen LogP contribution in [0.15, 0.2) is 42.5 Å². The van der Waals surface area contributed by atoms with E-state index in [1.54, 1.807) is 11.0 Å². The highest BCUT2D eigenvalue weighted by molar-refractivity contribution is 5.96. The largest absolute Gasteiger partial charge is 0.507 e. The summed E-state index contributed by atoms with van der Waals surface area (Å²) in [4.78, 5) is 26.2.